The van der Waals surface area contributed by atoms with Crippen LogP contribution in [0.1, 0.15) is 47.1 Å². The SMILES string of the molecule is CCCc1ccc(/C=C/c2ccc(C[C@H](c3ccccc3)C(F)(F)F)c(F)c2)cc1. The molecule has 3 aromatic carbocycles. The molecule has 0 heterocycles. The minimum Gasteiger partial charge on any atom is -0.207 e. The molecule has 3 rings (SSSR count). The van der Waals surface area contributed by atoms with Gasteiger partial charge in [0.15, 0.2) is 0 Å². The lowest BCUT2D eigenvalue weighted by Crippen LogP contribution is -2.23. The van der Waals surface area contributed by atoms with Crippen molar-refractivity contribution in [1.29, 1.82) is 0 Å². The van der Waals surface area contributed by atoms with Crippen LogP contribution in [0.3, 0.4) is 0 Å². The van der Waals surface area contributed by atoms with Crippen molar-refractivity contribution in [1.82, 2.24) is 0 Å². The van der Waals surface area contributed by atoms with Crippen molar-refractivity contribution in [2.45, 2.75) is 38.3 Å². The summed E-state index contributed by atoms with van der Waals surface area (Å²) in [7, 11) is 0. The van der Waals surface area contributed by atoms with E-state index >= 15 is 0 Å². The van der Waals surface area contributed by atoms with Gasteiger partial charge >= 0.3 is 6.18 Å². The molecule has 0 saturated heterocycles. The summed E-state index contributed by atoms with van der Waals surface area (Å²) in [5.41, 5.74) is 3.06. The van der Waals surface area contributed by atoms with E-state index in [4.69, 9.17) is 0 Å². The van der Waals surface area contributed by atoms with Crippen LogP contribution < -0.4 is 0 Å². The van der Waals surface area contributed by atoms with Crippen LogP contribution in [0.4, 0.5) is 17.6 Å². The van der Waals surface area contributed by atoms with E-state index in [0.717, 1.165) is 18.4 Å². The maximum atomic E-state index is 14.6. The van der Waals surface area contributed by atoms with Crippen molar-refractivity contribution in [3.8, 4) is 0 Å². The number of alkyl halides is 3. The van der Waals surface area contributed by atoms with Crippen LogP contribution in [0.25, 0.3) is 12.2 Å². The van der Waals surface area contributed by atoms with Gasteiger partial charge in [0.1, 0.15) is 5.82 Å². The van der Waals surface area contributed by atoms with Gasteiger partial charge in [0.05, 0.1) is 5.92 Å². The van der Waals surface area contributed by atoms with Crippen molar-refractivity contribution >= 4 is 12.2 Å². The zero-order valence-electron chi connectivity index (χ0n) is 16.8. The van der Waals surface area contributed by atoms with Crippen LogP contribution in [0.2, 0.25) is 0 Å². The average Bonchev–Trinajstić information content (AvgIpc) is 2.72. The molecule has 0 aliphatic heterocycles. The minimum atomic E-state index is -4.45. The zero-order chi connectivity index (χ0) is 21.6. The molecule has 0 aliphatic carbocycles. The molecule has 0 saturated carbocycles. The first-order valence-corrected chi connectivity index (χ1v) is 10.0. The van der Waals surface area contributed by atoms with Gasteiger partial charge in [-0.2, -0.15) is 13.2 Å². The van der Waals surface area contributed by atoms with E-state index in [1.54, 1.807) is 30.3 Å². The van der Waals surface area contributed by atoms with Crippen LogP contribution in [-0.2, 0) is 12.8 Å². The van der Waals surface area contributed by atoms with E-state index in [9.17, 15) is 17.6 Å². The summed E-state index contributed by atoms with van der Waals surface area (Å²) < 4.78 is 55.2. The standard InChI is InChI=1S/C26H24F4/c1-2-6-19-9-11-20(12-10-19)13-14-21-15-16-23(25(27)17-21)18-24(26(28,29)30)22-7-4-3-5-8-22/h3-5,7-17,24H,2,6,18H2,1H3/b14-13+/t24-/m1/s1. The van der Waals surface area contributed by atoms with Gasteiger partial charge in [-0.15, -0.1) is 0 Å². The number of hydrogen-bond donors (Lipinski definition) is 0. The number of aryl methyl sites for hydroxylation is 1. The summed E-state index contributed by atoms with van der Waals surface area (Å²) in [6.45, 7) is 2.13. The highest BCUT2D eigenvalue weighted by atomic mass is 19.4. The first kappa shape index (κ1) is 21.8. The fraction of sp³-hybridized carbons (Fsp3) is 0.231. The Morgan fingerprint density at radius 1 is 0.833 bits per heavy atom. The first-order chi connectivity index (χ1) is 14.4. The van der Waals surface area contributed by atoms with Gasteiger partial charge < -0.3 is 0 Å². The Morgan fingerprint density at radius 2 is 1.47 bits per heavy atom. The number of benzene rings is 3. The molecule has 0 bridgehead atoms. The van der Waals surface area contributed by atoms with Gasteiger partial charge in [-0.25, -0.2) is 4.39 Å². The normalized spacial score (nSPS) is 13.0. The minimum absolute atomic E-state index is 0.0576. The fourth-order valence-electron chi connectivity index (χ4n) is 3.44. The summed E-state index contributed by atoms with van der Waals surface area (Å²) in [6, 6.07) is 20.2. The number of rotatable bonds is 7. The maximum absolute atomic E-state index is 14.6. The summed E-state index contributed by atoms with van der Waals surface area (Å²) in [6.07, 6.45) is 0.865. The molecule has 0 spiro atoms. The molecular weight excluding hydrogens is 388 g/mol. The third kappa shape index (κ3) is 5.82. The smallest absolute Gasteiger partial charge is 0.207 e. The Balaban J connectivity index is 1.75. The molecule has 0 fully saturated rings. The summed E-state index contributed by atoms with van der Waals surface area (Å²) in [5.74, 6) is -2.36. The Morgan fingerprint density at radius 3 is 2.07 bits per heavy atom. The third-order valence-corrected chi connectivity index (χ3v) is 5.08. The third-order valence-electron chi connectivity index (χ3n) is 5.08. The molecule has 156 valence electrons. The van der Waals surface area contributed by atoms with Crippen LogP contribution in [0, 0.1) is 5.82 Å². The molecule has 0 N–H and O–H groups in total. The monoisotopic (exact) mass is 412 g/mol. The van der Waals surface area contributed by atoms with E-state index in [0.29, 0.717) is 5.56 Å². The quantitative estimate of drug-likeness (QED) is 0.274. The maximum Gasteiger partial charge on any atom is 0.396 e. The Labute approximate surface area is 174 Å². The van der Waals surface area contributed by atoms with Gasteiger partial charge in [0.2, 0.25) is 0 Å². The second-order valence-corrected chi connectivity index (χ2v) is 7.38. The molecule has 30 heavy (non-hydrogen) atoms. The van der Waals surface area contributed by atoms with Crippen molar-refractivity contribution in [2.24, 2.45) is 0 Å². The molecule has 1 atom stereocenters. The van der Waals surface area contributed by atoms with E-state index in [2.05, 4.69) is 19.1 Å². The molecule has 0 aromatic heterocycles. The van der Waals surface area contributed by atoms with Gasteiger partial charge in [0, 0.05) is 0 Å². The highest BCUT2D eigenvalue weighted by molar-refractivity contribution is 5.69. The predicted octanol–water partition coefficient (Wildman–Crippen LogP) is 7.84. The predicted molar refractivity (Wildman–Crippen MR) is 115 cm³/mol. The van der Waals surface area contributed by atoms with Crippen molar-refractivity contribution in [3.05, 3.63) is 106 Å². The molecule has 0 amide bonds. The topological polar surface area (TPSA) is 0 Å². The summed E-state index contributed by atoms with van der Waals surface area (Å²) in [5, 5.41) is 0. The van der Waals surface area contributed by atoms with E-state index < -0.39 is 24.3 Å². The van der Waals surface area contributed by atoms with Crippen molar-refractivity contribution < 1.29 is 17.6 Å². The Bertz CT molecular complexity index is 970. The van der Waals surface area contributed by atoms with Crippen LogP contribution in [-0.4, -0.2) is 6.18 Å². The summed E-state index contributed by atoms with van der Waals surface area (Å²) >= 11 is 0. The fourth-order valence-corrected chi connectivity index (χ4v) is 3.44. The molecule has 0 radical (unpaired) electrons. The average molecular weight is 412 g/mol. The Kier molecular flexibility index (Phi) is 7.09. The molecule has 4 heteroatoms. The molecular formula is C26H24F4. The second-order valence-electron chi connectivity index (χ2n) is 7.38. The highest BCUT2D eigenvalue weighted by Gasteiger charge is 2.40. The van der Waals surface area contributed by atoms with Gasteiger partial charge in [-0.1, -0.05) is 92.2 Å². The lowest BCUT2D eigenvalue weighted by Gasteiger charge is -2.21. The van der Waals surface area contributed by atoms with E-state index in [-0.39, 0.29) is 11.1 Å². The van der Waals surface area contributed by atoms with Gasteiger partial charge in [0.25, 0.3) is 0 Å². The molecule has 0 nitrogen and oxygen atoms in total. The largest absolute Gasteiger partial charge is 0.396 e. The first-order valence-electron chi connectivity index (χ1n) is 10.0. The zero-order valence-corrected chi connectivity index (χ0v) is 16.8. The number of halogens is 4. The highest BCUT2D eigenvalue weighted by Crippen LogP contribution is 2.37. The van der Waals surface area contributed by atoms with E-state index in [1.165, 1.54) is 29.8 Å². The molecule has 0 unspecified atom stereocenters. The van der Waals surface area contributed by atoms with Crippen molar-refractivity contribution in [3.63, 3.8) is 0 Å². The number of hydrogen-bond acceptors (Lipinski definition) is 0. The van der Waals surface area contributed by atoms with Gasteiger partial charge in [-0.3, -0.25) is 0 Å². The van der Waals surface area contributed by atoms with E-state index in [1.807, 2.05) is 18.2 Å². The Hall–Kier alpha value is -2.88. The molecule has 3 aromatic rings. The lowest BCUT2D eigenvalue weighted by atomic mass is 9.91. The second kappa shape index (κ2) is 9.75. The van der Waals surface area contributed by atoms with Gasteiger partial charge in [-0.05, 0) is 46.7 Å². The van der Waals surface area contributed by atoms with Crippen molar-refractivity contribution in [2.75, 3.05) is 0 Å². The molecule has 0 aliphatic rings. The van der Waals surface area contributed by atoms with Crippen LogP contribution in [0.15, 0.2) is 72.8 Å². The lowest BCUT2D eigenvalue weighted by molar-refractivity contribution is -0.150. The van der Waals surface area contributed by atoms with Crippen LogP contribution >= 0.6 is 0 Å². The van der Waals surface area contributed by atoms with Crippen LogP contribution in [0.5, 0.6) is 0 Å². The summed E-state index contributed by atoms with van der Waals surface area (Å²) in [4.78, 5) is 0.